The maximum atomic E-state index is 11.2. The Hall–Kier alpha value is -2.98. The van der Waals surface area contributed by atoms with Crippen molar-refractivity contribution in [3.8, 4) is 10.6 Å². The first-order valence-electron chi connectivity index (χ1n) is 8.08. The lowest BCUT2D eigenvalue weighted by molar-refractivity contribution is 0.112. The predicted octanol–water partition coefficient (Wildman–Crippen LogP) is 5.42. The smallest absolute Gasteiger partial charge is 0.150 e. The summed E-state index contributed by atoms with van der Waals surface area (Å²) in [4.78, 5) is 15.9. The number of carbonyl (C=O) groups is 1. The van der Waals surface area contributed by atoms with E-state index in [1.807, 2.05) is 36.4 Å². The van der Waals surface area contributed by atoms with Gasteiger partial charge in [0.1, 0.15) is 11.3 Å². The van der Waals surface area contributed by atoms with E-state index >= 15 is 0 Å². The van der Waals surface area contributed by atoms with Crippen molar-refractivity contribution in [2.45, 2.75) is 0 Å². The normalized spacial score (nSPS) is 11.6. The number of fused-ring (bicyclic) bond motifs is 4. The number of aryl methyl sites for hydroxylation is 1. The molecular formula is C21H14N2OS. The van der Waals surface area contributed by atoms with Crippen LogP contribution < -0.4 is 0 Å². The molecule has 0 saturated carbocycles. The summed E-state index contributed by atoms with van der Waals surface area (Å²) in [5.74, 6) is 0. The van der Waals surface area contributed by atoms with Gasteiger partial charge in [0.25, 0.3) is 0 Å². The summed E-state index contributed by atoms with van der Waals surface area (Å²) in [6, 6.07) is 20.5. The fraction of sp³-hybridized carbons (Fsp3) is 0.0476. The molecule has 2 heterocycles. The molecule has 0 aliphatic heterocycles. The molecule has 0 aliphatic rings. The molecule has 3 nitrogen and oxygen atoms in total. The van der Waals surface area contributed by atoms with Crippen LogP contribution in [0.2, 0.25) is 0 Å². The number of carbonyl (C=O) groups excluding carboxylic acids is 1. The highest BCUT2D eigenvalue weighted by Gasteiger charge is 2.12. The molecular weight excluding hydrogens is 328 g/mol. The van der Waals surface area contributed by atoms with Crippen molar-refractivity contribution in [1.29, 1.82) is 0 Å². The van der Waals surface area contributed by atoms with Crippen LogP contribution in [0.5, 0.6) is 0 Å². The molecule has 4 heteroatoms. The Labute approximate surface area is 148 Å². The van der Waals surface area contributed by atoms with Crippen LogP contribution in [0.3, 0.4) is 0 Å². The van der Waals surface area contributed by atoms with E-state index in [9.17, 15) is 4.79 Å². The van der Waals surface area contributed by atoms with Crippen LogP contribution in [-0.2, 0) is 7.05 Å². The molecule has 0 amide bonds. The molecule has 25 heavy (non-hydrogen) atoms. The molecule has 0 bridgehead atoms. The minimum absolute atomic E-state index is 0.699. The summed E-state index contributed by atoms with van der Waals surface area (Å²) in [6.07, 6.45) is 0.898. The van der Waals surface area contributed by atoms with Crippen molar-refractivity contribution in [3.63, 3.8) is 0 Å². The van der Waals surface area contributed by atoms with E-state index in [0.717, 1.165) is 44.2 Å². The third-order valence-electron chi connectivity index (χ3n) is 4.71. The van der Waals surface area contributed by atoms with Gasteiger partial charge in [-0.3, -0.25) is 4.79 Å². The van der Waals surface area contributed by atoms with Gasteiger partial charge in [0.2, 0.25) is 0 Å². The molecule has 0 unspecified atom stereocenters. The quantitative estimate of drug-likeness (QED) is 0.401. The van der Waals surface area contributed by atoms with Crippen LogP contribution in [0, 0.1) is 0 Å². The second-order valence-electron chi connectivity index (χ2n) is 6.17. The van der Waals surface area contributed by atoms with Gasteiger partial charge in [-0.1, -0.05) is 12.1 Å². The molecule has 0 N–H and O–H groups in total. The summed E-state index contributed by atoms with van der Waals surface area (Å²) >= 11 is 1.70. The topological polar surface area (TPSA) is 34.9 Å². The van der Waals surface area contributed by atoms with E-state index in [4.69, 9.17) is 4.98 Å². The largest absolute Gasteiger partial charge is 0.344 e. The average Bonchev–Trinajstić information content (AvgIpc) is 3.21. The van der Waals surface area contributed by atoms with Gasteiger partial charge in [-0.2, -0.15) is 0 Å². The second kappa shape index (κ2) is 5.26. The van der Waals surface area contributed by atoms with Crippen LogP contribution in [0.4, 0.5) is 0 Å². The number of benzene rings is 3. The third kappa shape index (κ3) is 2.11. The number of thiazole rings is 1. The molecule has 120 valence electrons. The maximum Gasteiger partial charge on any atom is 0.150 e. The van der Waals surface area contributed by atoms with Crippen molar-refractivity contribution in [2.24, 2.45) is 7.05 Å². The number of nitrogens with zero attached hydrogens (tertiary/aromatic N) is 2. The molecule has 0 aliphatic carbocycles. The van der Waals surface area contributed by atoms with E-state index < -0.39 is 0 Å². The van der Waals surface area contributed by atoms with Crippen LogP contribution in [0.15, 0.2) is 60.7 Å². The number of hydrogen-bond donors (Lipinski definition) is 0. The fourth-order valence-electron chi connectivity index (χ4n) is 3.44. The molecule has 0 radical (unpaired) electrons. The number of hydrogen-bond acceptors (Lipinski definition) is 3. The van der Waals surface area contributed by atoms with Gasteiger partial charge in [-0.15, -0.1) is 11.3 Å². The van der Waals surface area contributed by atoms with E-state index in [0.29, 0.717) is 5.56 Å². The van der Waals surface area contributed by atoms with Gasteiger partial charge in [-0.25, -0.2) is 4.98 Å². The van der Waals surface area contributed by atoms with E-state index in [1.54, 1.807) is 11.3 Å². The highest BCUT2D eigenvalue weighted by atomic mass is 32.1. The number of para-hydroxylation sites is 1. The Morgan fingerprint density at radius 2 is 1.72 bits per heavy atom. The monoisotopic (exact) mass is 342 g/mol. The van der Waals surface area contributed by atoms with Gasteiger partial charge in [0.15, 0.2) is 0 Å². The summed E-state index contributed by atoms with van der Waals surface area (Å²) in [5.41, 5.74) is 5.12. The minimum atomic E-state index is 0.699. The summed E-state index contributed by atoms with van der Waals surface area (Å²) in [7, 11) is 2.06. The van der Waals surface area contributed by atoms with Crippen molar-refractivity contribution >= 4 is 49.6 Å². The molecule has 0 spiro atoms. The molecule has 2 aromatic heterocycles. The van der Waals surface area contributed by atoms with Crippen molar-refractivity contribution < 1.29 is 4.79 Å². The predicted molar refractivity (Wildman–Crippen MR) is 104 cm³/mol. The van der Waals surface area contributed by atoms with Crippen molar-refractivity contribution in [1.82, 2.24) is 9.55 Å². The second-order valence-corrected chi connectivity index (χ2v) is 7.20. The van der Waals surface area contributed by atoms with Crippen LogP contribution >= 0.6 is 11.3 Å². The molecule has 0 atom stereocenters. The first kappa shape index (κ1) is 14.4. The standard InChI is InChI=1S/C21H14N2OS/c1-23-18-8-6-13(12-24)10-15(18)16-11-14(7-9-19(16)23)21-22-17-4-2-3-5-20(17)25-21/h2-12H,1H3. The van der Waals surface area contributed by atoms with Crippen molar-refractivity contribution in [3.05, 3.63) is 66.2 Å². The summed E-state index contributed by atoms with van der Waals surface area (Å²) in [5, 5.41) is 3.27. The van der Waals surface area contributed by atoms with Crippen LogP contribution in [0.1, 0.15) is 10.4 Å². The zero-order valence-electron chi connectivity index (χ0n) is 13.6. The fourth-order valence-corrected chi connectivity index (χ4v) is 4.40. The Bertz CT molecular complexity index is 1250. The van der Waals surface area contributed by atoms with Gasteiger partial charge in [0, 0.05) is 40.0 Å². The zero-order chi connectivity index (χ0) is 17.0. The zero-order valence-corrected chi connectivity index (χ0v) is 14.4. The Kier molecular flexibility index (Phi) is 3.02. The Morgan fingerprint density at radius 1 is 0.960 bits per heavy atom. The van der Waals surface area contributed by atoms with Gasteiger partial charge >= 0.3 is 0 Å². The number of aromatic nitrogens is 2. The average molecular weight is 342 g/mol. The maximum absolute atomic E-state index is 11.2. The number of aldehydes is 1. The molecule has 0 saturated heterocycles. The van der Waals surface area contributed by atoms with Crippen LogP contribution in [0.25, 0.3) is 42.6 Å². The lowest BCUT2D eigenvalue weighted by atomic mass is 10.1. The molecule has 3 aromatic carbocycles. The first-order valence-corrected chi connectivity index (χ1v) is 8.89. The highest BCUT2D eigenvalue weighted by Crippen LogP contribution is 2.35. The molecule has 5 rings (SSSR count). The van der Waals surface area contributed by atoms with Gasteiger partial charge in [0.05, 0.1) is 10.2 Å². The molecule has 0 fully saturated rings. The van der Waals surface area contributed by atoms with E-state index in [-0.39, 0.29) is 0 Å². The van der Waals surface area contributed by atoms with Gasteiger partial charge in [-0.05, 0) is 48.5 Å². The molecule has 5 aromatic rings. The van der Waals surface area contributed by atoms with Gasteiger partial charge < -0.3 is 4.57 Å². The number of rotatable bonds is 2. The van der Waals surface area contributed by atoms with E-state index in [1.165, 1.54) is 4.70 Å². The first-order chi connectivity index (χ1) is 12.2. The van der Waals surface area contributed by atoms with E-state index in [2.05, 4.69) is 35.9 Å². The lowest BCUT2D eigenvalue weighted by Gasteiger charge is -1.99. The third-order valence-corrected chi connectivity index (χ3v) is 5.79. The summed E-state index contributed by atoms with van der Waals surface area (Å²) in [6.45, 7) is 0. The SMILES string of the molecule is Cn1c2ccc(C=O)cc2c2cc(-c3nc4ccccc4s3)ccc21. The Balaban J connectivity index is 1.80. The van der Waals surface area contributed by atoms with Crippen molar-refractivity contribution in [2.75, 3.05) is 0 Å². The minimum Gasteiger partial charge on any atom is -0.344 e. The Morgan fingerprint density at radius 3 is 2.52 bits per heavy atom. The summed E-state index contributed by atoms with van der Waals surface area (Å²) < 4.78 is 3.36. The highest BCUT2D eigenvalue weighted by molar-refractivity contribution is 7.21. The lowest BCUT2D eigenvalue weighted by Crippen LogP contribution is -1.86. The van der Waals surface area contributed by atoms with Crippen LogP contribution in [-0.4, -0.2) is 15.8 Å².